The molecule has 1 aromatic rings. The molecule has 2 fully saturated rings. The van der Waals surface area contributed by atoms with E-state index in [9.17, 15) is 9.18 Å². The number of carbonyl (C=O) groups is 1. The van der Waals surface area contributed by atoms with Crippen LogP contribution in [0.5, 0.6) is 5.75 Å². The molecule has 1 saturated carbocycles. The number of halogens is 2. The Morgan fingerprint density at radius 1 is 1.48 bits per heavy atom. The second kappa shape index (κ2) is 7.49. The minimum atomic E-state index is -0.320. The van der Waals surface area contributed by atoms with Gasteiger partial charge in [-0.3, -0.25) is 4.79 Å². The van der Waals surface area contributed by atoms with Crippen molar-refractivity contribution < 1.29 is 13.9 Å². The molecule has 0 aromatic heterocycles. The first-order chi connectivity index (χ1) is 10.6. The summed E-state index contributed by atoms with van der Waals surface area (Å²) in [7, 11) is 0. The summed E-state index contributed by atoms with van der Waals surface area (Å²) < 4.78 is 18.7. The van der Waals surface area contributed by atoms with E-state index in [0.717, 1.165) is 32.4 Å². The highest BCUT2D eigenvalue weighted by molar-refractivity contribution is 5.85. The van der Waals surface area contributed by atoms with Gasteiger partial charge in [-0.05, 0) is 56.8 Å². The predicted molar refractivity (Wildman–Crippen MR) is 89.4 cm³/mol. The molecule has 1 spiro atoms. The largest absolute Gasteiger partial charge is 0.489 e. The van der Waals surface area contributed by atoms with E-state index in [2.05, 4.69) is 10.6 Å². The van der Waals surface area contributed by atoms with E-state index in [-0.39, 0.29) is 41.6 Å². The topological polar surface area (TPSA) is 50.4 Å². The Morgan fingerprint density at radius 2 is 2.22 bits per heavy atom. The lowest BCUT2D eigenvalue weighted by atomic mass is 9.92. The second-order valence-corrected chi connectivity index (χ2v) is 6.50. The van der Waals surface area contributed by atoms with Crippen LogP contribution in [0.2, 0.25) is 0 Å². The van der Waals surface area contributed by atoms with Crippen molar-refractivity contribution in [1.29, 1.82) is 0 Å². The molecule has 1 aliphatic carbocycles. The normalized spacial score (nSPS) is 22.8. The number of amides is 1. The molecular formula is C17H24ClFN2O2. The van der Waals surface area contributed by atoms with Crippen LogP contribution in [0.25, 0.3) is 0 Å². The van der Waals surface area contributed by atoms with Crippen LogP contribution in [0.1, 0.15) is 26.2 Å². The van der Waals surface area contributed by atoms with Crippen molar-refractivity contribution in [3.05, 3.63) is 30.1 Å². The summed E-state index contributed by atoms with van der Waals surface area (Å²) in [6, 6.07) is 6.06. The van der Waals surface area contributed by atoms with Gasteiger partial charge in [-0.25, -0.2) is 4.39 Å². The van der Waals surface area contributed by atoms with Crippen LogP contribution in [0.3, 0.4) is 0 Å². The lowest BCUT2D eigenvalue weighted by molar-refractivity contribution is -0.123. The quantitative estimate of drug-likeness (QED) is 0.864. The van der Waals surface area contributed by atoms with Crippen molar-refractivity contribution in [3.63, 3.8) is 0 Å². The third-order valence-corrected chi connectivity index (χ3v) is 4.80. The van der Waals surface area contributed by atoms with Crippen LogP contribution in [0.4, 0.5) is 4.39 Å². The van der Waals surface area contributed by atoms with Gasteiger partial charge < -0.3 is 15.4 Å². The lowest BCUT2D eigenvalue weighted by Gasteiger charge is -2.23. The lowest BCUT2D eigenvalue weighted by Crippen LogP contribution is -2.37. The third-order valence-electron chi connectivity index (χ3n) is 4.80. The van der Waals surface area contributed by atoms with E-state index in [1.165, 1.54) is 12.1 Å². The summed E-state index contributed by atoms with van der Waals surface area (Å²) in [6.45, 7) is 4.35. The van der Waals surface area contributed by atoms with Gasteiger partial charge in [0.2, 0.25) is 5.91 Å². The fraction of sp³-hybridized carbons (Fsp3) is 0.588. The summed E-state index contributed by atoms with van der Waals surface area (Å²) in [5.74, 6) is 0.468. The summed E-state index contributed by atoms with van der Waals surface area (Å²) in [4.78, 5) is 12.2. The molecule has 128 valence electrons. The Labute approximate surface area is 142 Å². The Morgan fingerprint density at radius 3 is 2.91 bits per heavy atom. The zero-order valence-electron chi connectivity index (χ0n) is 13.3. The van der Waals surface area contributed by atoms with Gasteiger partial charge in [0.25, 0.3) is 0 Å². The summed E-state index contributed by atoms with van der Waals surface area (Å²) in [5, 5.41) is 6.31. The van der Waals surface area contributed by atoms with E-state index in [0.29, 0.717) is 12.3 Å². The molecule has 4 nitrogen and oxygen atoms in total. The zero-order valence-corrected chi connectivity index (χ0v) is 14.1. The first-order valence-electron chi connectivity index (χ1n) is 8.00. The highest BCUT2D eigenvalue weighted by atomic mass is 35.5. The number of benzene rings is 1. The minimum absolute atomic E-state index is 0. The van der Waals surface area contributed by atoms with Crippen LogP contribution in [0.15, 0.2) is 24.3 Å². The molecule has 2 aliphatic rings. The minimum Gasteiger partial charge on any atom is -0.489 e. The van der Waals surface area contributed by atoms with Crippen molar-refractivity contribution in [2.45, 2.75) is 32.3 Å². The third kappa shape index (κ3) is 4.36. The summed E-state index contributed by atoms with van der Waals surface area (Å²) in [5.41, 5.74) is 0.252. The van der Waals surface area contributed by atoms with Crippen molar-refractivity contribution in [2.24, 2.45) is 11.3 Å². The van der Waals surface area contributed by atoms with Gasteiger partial charge in [-0.2, -0.15) is 0 Å². The Bertz CT molecular complexity index is 549. The maximum Gasteiger partial charge on any atom is 0.223 e. The molecule has 0 radical (unpaired) electrons. The number of hydrogen-bond acceptors (Lipinski definition) is 3. The van der Waals surface area contributed by atoms with Crippen LogP contribution in [-0.4, -0.2) is 31.6 Å². The van der Waals surface area contributed by atoms with Crippen LogP contribution < -0.4 is 15.4 Å². The van der Waals surface area contributed by atoms with Crippen LogP contribution in [0, 0.1) is 17.2 Å². The predicted octanol–water partition coefficient (Wildman–Crippen LogP) is 2.52. The first kappa shape index (κ1) is 18.0. The number of piperidine rings is 1. The van der Waals surface area contributed by atoms with Gasteiger partial charge >= 0.3 is 0 Å². The van der Waals surface area contributed by atoms with Gasteiger partial charge in [0, 0.05) is 12.0 Å². The van der Waals surface area contributed by atoms with E-state index in [1.54, 1.807) is 12.1 Å². The average Bonchev–Trinajstić information content (AvgIpc) is 3.19. The van der Waals surface area contributed by atoms with Gasteiger partial charge in [-0.15, -0.1) is 12.4 Å². The van der Waals surface area contributed by atoms with E-state index >= 15 is 0 Å². The molecular weight excluding hydrogens is 319 g/mol. The van der Waals surface area contributed by atoms with Gasteiger partial charge in [0.05, 0.1) is 6.54 Å². The van der Waals surface area contributed by atoms with Crippen molar-refractivity contribution in [1.82, 2.24) is 10.6 Å². The highest BCUT2D eigenvalue weighted by Gasteiger charge is 2.57. The molecule has 1 aliphatic heterocycles. The number of carbonyl (C=O) groups excluding carboxylic acids is 1. The maximum absolute atomic E-state index is 13.1. The number of hydrogen-bond donors (Lipinski definition) is 2. The van der Waals surface area contributed by atoms with Crippen molar-refractivity contribution in [3.8, 4) is 5.75 Å². The average molecular weight is 343 g/mol. The van der Waals surface area contributed by atoms with E-state index in [4.69, 9.17) is 4.74 Å². The SMILES string of the molecule is CC(CNC(=O)C1CC12CCNCC2)Oc1cccc(F)c1.Cl. The molecule has 2 unspecified atom stereocenters. The zero-order chi connectivity index (χ0) is 15.6. The van der Waals surface area contributed by atoms with Gasteiger partial charge in [-0.1, -0.05) is 6.07 Å². The Balaban J connectivity index is 0.00000192. The standard InChI is InChI=1S/C17H23FN2O2.ClH/c1-12(22-14-4-2-3-13(18)9-14)11-20-16(21)15-10-17(15)5-7-19-8-6-17;/h2-4,9,12,15,19H,5-8,10-11H2,1H3,(H,20,21);1H. The molecule has 1 heterocycles. The number of nitrogens with one attached hydrogen (secondary N) is 2. The molecule has 1 aromatic carbocycles. The number of rotatable bonds is 5. The van der Waals surface area contributed by atoms with Gasteiger partial charge in [0.15, 0.2) is 0 Å². The summed E-state index contributed by atoms with van der Waals surface area (Å²) >= 11 is 0. The molecule has 1 saturated heterocycles. The molecule has 0 bridgehead atoms. The Kier molecular flexibility index (Phi) is 5.87. The van der Waals surface area contributed by atoms with E-state index in [1.807, 2.05) is 6.92 Å². The smallest absolute Gasteiger partial charge is 0.223 e. The van der Waals surface area contributed by atoms with E-state index < -0.39 is 0 Å². The fourth-order valence-electron chi connectivity index (χ4n) is 3.38. The molecule has 6 heteroatoms. The molecule has 2 N–H and O–H groups in total. The second-order valence-electron chi connectivity index (χ2n) is 6.50. The number of ether oxygens (including phenoxy) is 1. The monoisotopic (exact) mass is 342 g/mol. The molecule has 1 amide bonds. The van der Waals surface area contributed by atoms with Gasteiger partial charge in [0.1, 0.15) is 17.7 Å². The summed E-state index contributed by atoms with van der Waals surface area (Å²) in [6.07, 6.45) is 3.02. The molecule has 2 atom stereocenters. The molecule has 23 heavy (non-hydrogen) atoms. The van der Waals surface area contributed by atoms with Crippen molar-refractivity contribution >= 4 is 18.3 Å². The fourth-order valence-corrected chi connectivity index (χ4v) is 3.38. The first-order valence-corrected chi connectivity index (χ1v) is 8.00. The highest BCUT2D eigenvalue weighted by Crippen LogP contribution is 2.58. The van der Waals surface area contributed by atoms with Crippen molar-refractivity contribution in [2.75, 3.05) is 19.6 Å². The molecule has 3 rings (SSSR count). The van der Waals surface area contributed by atoms with Crippen LogP contribution >= 0.6 is 12.4 Å². The maximum atomic E-state index is 13.1. The Hall–Kier alpha value is -1.33. The van der Waals surface area contributed by atoms with Crippen LogP contribution in [-0.2, 0) is 4.79 Å².